The molecule has 1 aromatic carbocycles. The second kappa shape index (κ2) is 7.05. The lowest BCUT2D eigenvalue weighted by atomic mass is 10.0. The molecule has 0 bridgehead atoms. The molecule has 1 fully saturated rings. The van der Waals surface area contributed by atoms with Crippen molar-refractivity contribution >= 4 is 17.7 Å². The van der Waals surface area contributed by atoms with Crippen molar-refractivity contribution in [3.05, 3.63) is 23.8 Å². The van der Waals surface area contributed by atoms with Gasteiger partial charge in [0.05, 0.1) is 7.11 Å². The second-order valence-corrected chi connectivity index (χ2v) is 7.56. The first kappa shape index (κ1) is 18.4. The average Bonchev–Trinajstić information content (AvgIpc) is 3.03. The highest BCUT2D eigenvalue weighted by atomic mass is 16.6. The molecule has 0 aliphatic carbocycles. The number of hydrogen-bond acceptors (Lipinski definition) is 6. The summed E-state index contributed by atoms with van der Waals surface area (Å²) in [5.41, 5.74) is 1.41. The van der Waals surface area contributed by atoms with Crippen LogP contribution in [0.25, 0.3) is 0 Å². The fourth-order valence-corrected chi connectivity index (χ4v) is 3.21. The Morgan fingerprint density at radius 3 is 2.46 bits per heavy atom. The molecule has 2 aliphatic heterocycles. The van der Waals surface area contributed by atoms with Crippen LogP contribution in [0.15, 0.2) is 18.2 Å². The van der Waals surface area contributed by atoms with Crippen LogP contribution in [0.5, 0.6) is 5.75 Å². The number of benzene rings is 1. The minimum Gasteiger partial charge on any atom is -0.492 e. The number of carbonyl (C=O) groups is 2. The molecule has 2 aliphatic rings. The predicted octanol–water partition coefficient (Wildman–Crippen LogP) is 2.39. The topological polar surface area (TPSA) is 68.3 Å². The molecule has 1 amide bonds. The molecule has 2 heterocycles. The number of amides is 1. The van der Waals surface area contributed by atoms with E-state index in [0.29, 0.717) is 19.7 Å². The lowest BCUT2D eigenvalue weighted by molar-refractivity contribution is -0.142. The van der Waals surface area contributed by atoms with Crippen LogP contribution in [0.2, 0.25) is 0 Å². The van der Waals surface area contributed by atoms with Crippen LogP contribution < -0.4 is 9.64 Å². The Morgan fingerprint density at radius 2 is 1.85 bits per heavy atom. The molecular formula is C19H26N2O5. The van der Waals surface area contributed by atoms with E-state index < -0.39 is 5.60 Å². The molecule has 1 atom stereocenters. The summed E-state index contributed by atoms with van der Waals surface area (Å²) in [6.07, 6.45) is -0.268. The van der Waals surface area contributed by atoms with E-state index in [1.54, 1.807) is 4.90 Å². The Labute approximate surface area is 153 Å². The Kier molecular flexibility index (Phi) is 4.98. The summed E-state index contributed by atoms with van der Waals surface area (Å²) < 4.78 is 15.9. The number of nitrogens with zero attached hydrogens (tertiary/aromatic N) is 2. The third kappa shape index (κ3) is 3.86. The lowest BCUT2D eigenvalue weighted by Crippen LogP contribution is -2.50. The van der Waals surface area contributed by atoms with Gasteiger partial charge in [0.25, 0.3) is 0 Å². The number of carbonyl (C=O) groups excluding carboxylic acids is 2. The second-order valence-electron chi connectivity index (χ2n) is 7.56. The summed E-state index contributed by atoms with van der Waals surface area (Å²) in [6.45, 7) is 8.58. The van der Waals surface area contributed by atoms with Crippen LogP contribution in [-0.4, -0.2) is 62.5 Å². The van der Waals surface area contributed by atoms with Crippen LogP contribution in [0.1, 0.15) is 32.3 Å². The molecule has 0 spiro atoms. The van der Waals surface area contributed by atoms with E-state index in [1.165, 1.54) is 7.11 Å². The molecule has 0 radical (unpaired) electrons. The van der Waals surface area contributed by atoms with Crippen molar-refractivity contribution < 1.29 is 23.8 Å². The quantitative estimate of drug-likeness (QED) is 0.753. The summed E-state index contributed by atoms with van der Waals surface area (Å²) >= 11 is 0. The van der Waals surface area contributed by atoms with E-state index in [4.69, 9.17) is 14.2 Å². The maximum Gasteiger partial charge on any atom is 0.410 e. The standard InChI is InChI=1S/C19H26N2O5/c1-19(2,3)26-18(23)21-9-7-20(8-10-21)13-5-6-14-15(17(22)24-4)12-25-16(14)11-13/h5-6,11,15H,7-10,12H2,1-4H3. The van der Waals surface area contributed by atoms with Gasteiger partial charge in [0, 0.05) is 43.5 Å². The first-order chi connectivity index (χ1) is 12.3. The molecule has 1 aromatic rings. The molecular weight excluding hydrogens is 336 g/mol. The van der Waals surface area contributed by atoms with E-state index in [9.17, 15) is 9.59 Å². The van der Waals surface area contributed by atoms with E-state index in [1.807, 2.05) is 39.0 Å². The first-order valence-electron chi connectivity index (χ1n) is 8.86. The van der Waals surface area contributed by atoms with Gasteiger partial charge in [-0.2, -0.15) is 0 Å². The third-order valence-electron chi connectivity index (χ3n) is 4.56. The van der Waals surface area contributed by atoms with Crippen molar-refractivity contribution in [2.45, 2.75) is 32.3 Å². The van der Waals surface area contributed by atoms with Gasteiger partial charge in [-0.15, -0.1) is 0 Å². The molecule has 0 aromatic heterocycles. The van der Waals surface area contributed by atoms with Gasteiger partial charge in [0.15, 0.2) is 0 Å². The Hall–Kier alpha value is -2.44. The Balaban J connectivity index is 1.62. The van der Waals surface area contributed by atoms with Gasteiger partial charge in [0.1, 0.15) is 23.9 Å². The summed E-state index contributed by atoms with van der Waals surface area (Å²) in [7, 11) is 1.39. The summed E-state index contributed by atoms with van der Waals surface area (Å²) in [5.74, 6) is 0.100. The molecule has 142 valence electrons. The first-order valence-corrected chi connectivity index (χ1v) is 8.86. The maximum absolute atomic E-state index is 12.2. The highest BCUT2D eigenvalue weighted by Crippen LogP contribution is 2.37. The van der Waals surface area contributed by atoms with E-state index in [0.717, 1.165) is 30.1 Å². The zero-order chi connectivity index (χ0) is 18.9. The van der Waals surface area contributed by atoms with E-state index in [-0.39, 0.29) is 18.0 Å². The zero-order valence-corrected chi connectivity index (χ0v) is 15.8. The molecule has 7 heteroatoms. The van der Waals surface area contributed by atoms with Crippen LogP contribution in [0, 0.1) is 0 Å². The van der Waals surface area contributed by atoms with Crippen molar-refractivity contribution in [2.75, 3.05) is 44.8 Å². The molecule has 0 N–H and O–H groups in total. The molecule has 7 nitrogen and oxygen atoms in total. The highest BCUT2D eigenvalue weighted by Gasteiger charge is 2.32. The molecule has 3 rings (SSSR count). The number of ether oxygens (including phenoxy) is 3. The van der Waals surface area contributed by atoms with Gasteiger partial charge in [-0.25, -0.2) is 4.79 Å². The smallest absolute Gasteiger partial charge is 0.410 e. The van der Waals surface area contributed by atoms with Crippen LogP contribution in [0.3, 0.4) is 0 Å². The van der Waals surface area contributed by atoms with E-state index in [2.05, 4.69) is 4.90 Å². The number of methoxy groups -OCH3 is 1. The minimum atomic E-state index is -0.484. The number of piperazine rings is 1. The third-order valence-corrected chi connectivity index (χ3v) is 4.56. The van der Waals surface area contributed by atoms with Gasteiger partial charge in [-0.1, -0.05) is 6.07 Å². The number of rotatable bonds is 2. The lowest BCUT2D eigenvalue weighted by Gasteiger charge is -2.36. The van der Waals surface area contributed by atoms with Crippen molar-refractivity contribution in [3.8, 4) is 5.75 Å². The Morgan fingerprint density at radius 1 is 1.15 bits per heavy atom. The number of hydrogen-bond donors (Lipinski definition) is 0. The normalized spacial score (nSPS) is 19.6. The van der Waals surface area contributed by atoms with Crippen LogP contribution in [-0.2, 0) is 14.3 Å². The molecule has 0 saturated carbocycles. The maximum atomic E-state index is 12.2. The largest absolute Gasteiger partial charge is 0.492 e. The van der Waals surface area contributed by atoms with Gasteiger partial charge < -0.3 is 24.0 Å². The SMILES string of the molecule is COC(=O)C1COc2cc(N3CCN(C(=O)OC(C)(C)C)CC3)ccc21. The average molecular weight is 362 g/mol. The van der Waals surface area contributed by atoms with Gasteiger partial charge >= 0.3 is 12.1 Å². The molecule has 1 unspecified atom stereocenters. The van der Waals surface area contributed by atoms with Crippen molar-refractivity contribution in [2.24, 2.45) is 0 Å². The fraction of sp³-hybridized carbons (Fsp3) is 0.579. The van der Waals surface area contributed by atoms with Crippen molar-refractivity contribution in [1.29, 1.82) is 0 Å². The van der Waals surface area contributed by atoms with Crippen LogP contribution in [0.4, 0.5) is 10.5 Å². The highest BCUT2D eigenvalue weighted by molar-refractivity contribution is 5.81. The summed E-state index contributed by atoms with van der Waals surface area (Å²) in [5, 5.41) is 0. The van der Waals surface area contributed by atoms with Gasteiger partial charge in [-0.05, 0) is 26.8 Å². The minimum absolute atomic E-state index is 0.268. The number of esters is 1. The van der Waals surface area contributed by atoms with Crippen molar-refractivity contribution in [1.82, 2.24) is 4.90 Å². The molecule has 1 saturated heterocycles. The Bertz CT molecular complexity index is 690. The van der Waals surface area contributed by atoms with Crippen LogP contribution >= 0.6 is 0 Å². The predicted molar refractivity (Wildman–Crippen MR) is 96.7 cm³/mol. The van der Waals surface area contributed by atoms with Gasteiger partial charge in [0.2, 0.25) is 0 Å². The zero-order valence-electron chi connectivity index (χ0n) is 15.8. The summed E-state index contributed by atoms with van der Waals surface area (Å²) in [4.78, 5) is 27.9. The fourth-order valence-electron chi connectivity index (χ4n) is 3.21. The molecule has 26 heavy (non-hydrogen) atoms. The van der Waals surface area contributed by atoms with Crippen molar-refractivity contribution in [3.63, 3.8) is 0 Å². The summed E-state index contributed by atoms with van der Waals surface area (Å²) in [6, 6.07) is 5.88. The number of anilines is 1. The van der Waals surface area contributed by atoms with E-state index >= 15 is 0 Å². The number of fused-ring (bicyclic) bond motifs is 1. The monoisotopic (exact) mass is 362 g/mol. The van der Waals surface area contributed by atoms with Gasteiger partial charge in [-0.3, -0.25) is 4.79 Å².